The van der Waals surface area contributed by atoms with E-state index in [2.05, 4.69) is 25.8 Å². The van der Waals surface area contributed by atoms with Crippen LogP contribution in [0.1, 0.15) is 49.1 Å². The summed E-state index contributed by atoms with van der Waals surface area (Å²) in [5, 5.41) is 2.96. The van der Waals surface area contributed by atoms with E-state index in [9.17, 15) is 4.79 Å². The topological polar surface area (TPSA) is 59.2 Å². The van der Waals surface area contributed by atoms with Gasteiger partial charge in [-0.15, -0.1) is 36.2 Å². The Kier molecular flexibility index (Phi) is 9.55. The quantitative estimate of drug-likeness (QED) is 0.886. The van der Waals surface area contributed by atoms with E-state index in [0.29, 0.717) is 17.5 Å². The molecule has 7 heteroatoms. The Hall–Kier alpha value is -0.360. The predicted octanol–water partition coefficient (Wildman–Crippen LogP) is 3.38. The van der Waals surface area contributed by atoms with Crippen LogP contribution in [0.15, 0.2) is 5.38 Å². The first-order chi connectivity index (χ1) is 9.47. The third kappa shape index (κ3) is 5.69. The number of amides is 1. The van der Waals surface area contributed by atoms with E-state index in [1.807, 2.05) is 10.3 Å². The number of nitrogens with two attached hydrogens (primary N) is 1. The second-order valence-electron chi connectivity index (χ2n) is 6.21. The molecule has 1 atom stereocenters. The Morgan fingerprint density at radius 3 is 2.45 bits per heavy atom. The molecule has 4 nitrogen and oxygen atoms in total. The summed E-state index contributed by atoms with van der Waals surface area (Å²) in [6.07, 6.45) is 2.96. The lowest BCUT2D eigenvalue weighted by Crippen LogP contribution is -2.42. The molecule has 0 spiro atoms. The Bertz CT molecular complexity index is 457. The van der Waals surface area contributed by atoms with Crippen LogP contribution >= 0.6 is 36.2 Å². The maximum absolute atomic E-state index is 12.4. The van der Waals surface area contributed by atoms with Gasteiger partial charge in [-0.1, -0.05) is 13.8 Å². The number of carbonyl (C=O) groups is 1. The first kappa shape index (κ1) is 21.6. The summed E-state index contributed by atoms with van der Waals surface area (Å²) in [5.74, 6) is 1.20. The van der Waals surface area contributed by atoms with Crippen LogP contribution in [0.3, 0.4) is 0 Å². The Balaban J connectivity index is 0.00000220. The molecule has 2 rings (SSSR count). The van der Waals surface area contributed by atoms with Gasteiger partial charge < -0.3 is 10.6 Å². The summed E-state index contributed by atoms with van der Waals surface area (Å²) in [7, 11) is 0. The highest BCUT2D eigenvalue weighted by molar-refractivity contribution is 7.09. The molecule has 0 bridgehead atoms. The highest BCUT2D eigenvalue weighted by atomic mass is 35.5. The van der Waals surface area contributed by atoms with E-state index in [-0.39, 0.29) is 36.8 Å². The molecular formula is C15H27Cl2N3OS. The Morgan fingerprint density at radius 1 is 1.36 bits per heavy atom. The van der Waals surface area contributed by atoms with Crippen molar-refractivity contribution in [2.45, 2.75) is 46.1 Å². The number of nitrogens with zero attached hydrogens (tertiary/aromatic N) is 2. The van der Waals surface area contributed by atoms with E-state index in [1.54, 1.807) is 11.3 Å². The summed E-state index contributed by atoms with van der Waals surface area (Å²) in [6.45, 7) is 8.01. The Labute approximate surface area is 149 Å². The summed E-state index contributed by atoms with van der Waals surface area (Å²) < 4.78 is 0. The number of carbonyl (C=O) groups excluding carboxylic acids is 1. The van der Waals surface area contributed by atoms with Crippen LogP contribution in [0.5, 0.6) is 0 Å². The molecule has 1 saturated heterocycles. The molecule has 1 aliphatic heterocycles. The molecule has 0 aromatic carbocycles. The van der Waals surface area contributed by atoms with Crippen molar-refractivity contribution < 1.29 is 4.79 Å². The van der Waals surface area contributed by atoms with Crippen molar-refractivity contribution in [1.82, 2.24) is 9.88 Å². The normalized spacial score (nSPS) is 16.9. The summed E-state index contributed by atoms with van der Waals surface area (Å²) in [4.78, 5) is 18.8. The largest absolute Gasteiger partial charge is 0.337 e. The zero-order chi connectivity index (χ0) is 14.7. The van der Waals surface area contributed by atoms with E-state index in [4.69, 9.17) is 5.73 Å². The van der Waals surface area contributed by atoms with Crippen molar-refractivity contribution in [3.63, 3.8) is 0 Å². The van der Waals surface area contributed by atoms with E-state index < -0.39 is 0 Å². The van der Waals surface area contributed by atoms with Gasteiger partial charge in [0, 0.05) is 30.9 Å². The zero-order valence-electron chi connectivity index (χ0n) is 13.4. The van der Waals surface area contributed by atoms with E-state index >= 15 is 0 Å². The van der Waals surface area contributed by atoms with Crippen LogP contribution < -0.4 is 5.73 Å². The van der Waals surface area contributed by atoms with Gasteiger partial charge in [0.2, 0.25) is 0 Å². The van der Waals surface area contributed by atoms with Gasteiger partial charge in [-0.2, -0.15) is 0 Å². The smallest absolute Gasteiger partial charge is 0.273 e. The van der Waals surface area contributed by atoms with Crippen LogP contribution in [-0.2, 0) is 6.42 Å². The average molecular weight is 368 g/mol. The molecule has 1 aromatic heterocycles. The molecule has 128 valence electrons. The van der Waals surface area contributed by atoms with Gasteiger partial charge >= 0.3 is 0 Å². The van der Waals surface area contributed by atoms with Crippen molar-refractivity contribution in [3.05, 3.63) is 16.1 Å². The minimum Gasteiger partial charge on any atom is -0.337 e. The molecule has 0 radical (unpaired) electrons. The van der Waals surface area contributed by atoms with Crippen molar-refractivity contribution >= 4 is 42.1 Å². The fraction of sp³-hybridized carbons (Fsp3) is 0.733. The number of thiazole rings is 1. The molecule has 22 heavy (non-hydrogen) atoms. The lowest BCUT2D eigenvalue weighted by molar-refractivity contribution is 0.0675. The number of aromatic nitrogens is 1. The number of rotatable bonds is 4. The third-order valence-corrected chi connectivity index (χ3v) is 4.80. The van der Waals surface area contributed by atoms with Gasteiger partial charge in [0.25, 0.3) is 5.91 Å². The van der Waals surface area contributed by atoms with Crippen molar-refractivity contribution in [2.75, 3.05) is 13.1 Å². The number of likely N-dealkylation sites (tertiary alicyclic amines) is 1. The van der Waals surface area contributed by atoms with Crippen molar-refractivity contribution in [1.29, 1.82) is 0 Å². The molecule has 0 saturated carbocycles. The molecule has 0 aliphatic carbocycles. The fourth-order valence-corrected chi connectivity index (χ4v) is 3.62. The summed E-state index contributed by atoms with van der Waals surface area (Å²) in [5.41, 5.74) is 6.55. The third-order valence-electron chi connectivity index (χ3n) is 3.92. The lowest BCUT2D eigenvalue weighted by Gasteiger charge is -2.33. The minimum atomic E-state index is 0. The maximum Gasteiger partial charge on any atom is 0.273 e. The molecule has 1 aromatic rings. The average Bonchev–Trinajstić information content (AvgIpc) is 2.85. The highest BCUT2D eigenvalue weighted by Crippen LogP contribution is 2.22. The zero-order valence-corrected chi connectivity index (χ0v) is 15.9. The van der Waals surface area contributed by atoms with Gasteiger partial charge in [-0.3, -0.25) is 4.79 Å². The van der Waals surface area contributed by atoms with Crippen LogP contribution in [-0.4, -0.2) is 34.9 Å². The SMILES string of the molecule is CC(C)Cc1nc(C(=O)N2CCC(C(C)N)CC2)cs1.Cl.Cl. The van der Waals surface area contributed by atoms with Gasteiger partial charge in [0.1, 0.15) is 5.69 Å². The Morgan fingerprint density at radius 2 is 1.95 bits per heavy atom. The predicted molar refractivity (Wildman–Crippen MR) is 97.4 cm³/mol. The number of hydrogen-bond donors (Lipinski definition) is 1. The van der Waals surface area contributed by atoms with E-state index in [1.165, 1.54) is 0 Å². The summed E-state index contributed by atoms with van der Waals surface area (Å²) >= 11 is 1.60. The molecule has 2 heterocycles. The number of halogens is 2. The molecule has 1 fully saturated rings. The van der Waals surface area contributed by atoms with Crippen molar-refractivity contribution in [2.24, 2.45) is 17.6 Å². The number of hydrogen-bond acceptors (Lipinski definition) is 4. The highest BCUT2D eigenvalue weighted by Gasteiger charge is 2.26. The van der Waals surface area contributed by atoms with Crippen LogP contribution in [0.2, 0.25) is 0 Å². The van der Waals surface area contributed by atoms with Gasteiger partial charge in [-0.25, -0.2) is 4.98 Å². The molecule has 2 N–H and O–H groups in total. The molecular weight excluding hydrogens is 341 g/mol. The van der Waals surface area contributed by atoms with E-state index in [0.717, 1.165) is 37.4 Å². The van der Waals surface area contributed by atoms with Gasteiger partial charge in [-0.05, 0) is 31.6 Å². The standard InChI is InChI=1S/C15H25N3OS.2ClH/c1-10(2)8-14-17-13(9-20-14)15(19)18-6-4-12(5-7-18)11(3)16;;/h9-12H,4-8,16H2,1-3H3;2*1H. The molecule has 1 amide bonds. The first-order valence-electron chi connectivity index (χ1n) is 7.46. The fourth-order valence-electron chi connectivity index (χ4n) is 2.64. The lowest BCUT2D eigenvalue weighted by atomic mass is 9.91. The van der Waals surface area contributed by atoms with Crippen LogP contribution in [0.4, 0.5) is 0 Å². The van der Waals surface area contributed by atoms with Gasteiger partial charge in [0.15, 0.2) is 0 Å². The molecule has 1 unspecified atom stereocenters. The monoisotopic (exact) mass is 367 g/mol. The summed E-state index contributed by atoms with van der Waals surface area (Å²) in [6, 6.07) is 0.226. The van der Waals surface area contributed by atoms with Crippen LogP contribution in [0, 0.1) is 11.8 Å². The van der Waals surface area contributed by atoms with Gasteiger partial charge in [0.05, 0.1) is 5.01 Å². The second kappa shape index (κ2) is 9.71. The number of piperidine rings is 1. The molecule has 1 aliphatic rings. The first-order valence-corrected chi connectivity index (χ1v) is 8.34. The maximum atomic E-state index is 12.4. The minimum absolute atomic E-state index is 0. The second-order valence-corrected chi connectivity index (χ2v) is 7.16. The van der Waals surface area contributed by atoms with Crippen molar-refractivity contribution in [3.8, 4) is 0 Å². The van der Waals surface area contributed by atoms with Crippen LogP contribution in [0.25, 0.3) is 0 Å².